The molecule has 9 heteroatoms. The Bertz CT molecular complexity index is 536. The third kappa shape index (κ3) is 5.25. The summed E-state index contributed by atoms with van der Waals surface area (Å²) in [6.07, 6.45) is 4.38. The molecule has 0 saturated carbocycles. The van der Waals surface area contributed by atoms with Crippen molar-refractivity contribution < 1.29 is 18.3 Å². The lowest BCUT2D eigenvalue weighted by Gasteiger charge is -2.04. The summed E-state index contributed by atoms with van der Waals surface area (Å²) in [6.45, 7) is 2.19. The molecule has 0 aliphatic carbocycles. The monoisotopic (exact) mass is 291 g/mol. The predicted octanol–water partition coefficient (Wildman–Crippen LogP) is 0.897. The quantitative estimate of drug-likeness (QED) is 0.647. The van der Waals surface area contributed by atoms with Crippen molar-refractivity contribution in [3.05, 3.63) is 17.2 Å². The number of aliphatic carboxylic acids is 1. The number of rotatable bonds is 7. The van der Waals surface area contributed by atoms with E-state index < -0.39 is 16.2 Å². The summed E-state index contributed by atoms with van der Waals surface area (Å²) in [4.78, 5) is 14.7. The van der Waals surface area contributed by atoms with Crippen LogP contribution in [-0.4, -0.2) is 31.0 Å². The maximum Gasteiger partial charge on any atom is 0.328 e. The predicted molar refractivity (Wildman–Crippen MR) is 69.6 cm³/mol. The first-order valence-electron chi connectivity index (χ1n) is 5.07. The van der Waals surface area contributed by atoms with Crippen molar-refractivity contribution in [2.24, 2.45) is 0 Å². The summed E-state index contributed by atoms with van der Waals surface area (Å²) < 4.78 is 27.5. The molecular formula is C9H13N3O4S2. The Morgan fingerprint density at radius 1 is 1.61 bits per heavy atom. The lowest BCUT2D eigenvalue weighted by Crippen LogP contribution is -2.30. The van der Waals surface area contributed by atoms with Crippen molar-refractivity contribution in [1.82, 2.24) is 9.71 Å². The fourth-order valence-electron chi connectivity index (χ4n) is 0.952. The third-order valence-electron chi connectivity index (χ3n) is 1.68. The van der Waals surface area contributed by atoms with E-state index in [1.54, 1.807) is 0 Å². The summed E-state index contributed by atoms with van der Waals surface area (Å²) in [5.41, 5.74) is 0. The van der Waals surface area contributed by atoms with Gasteiger partial charge < -0.3 is 5.11 Å². The second-order valence-corrected chi connectivity index (χ2v) is 5.80. The molecule has 7 nitrogen and oxygen atoms in total. The molecule has 0 aliphatic heterocycles. The van der Waals surface area contributed by atoms with Gasteiger partial charge in [-0.25, -0.2) is 14.5 Å². The largest absolute Gasteiger partial charge is 0.478 e. The van der Waals surface area contributed by atoms with E-state index in [1.807, 2.05) is 6.92 Å². The van der Waals surface area contributed by atoms with Gasteiger partial charge in [0.25, 0.3) is 0 Å². The fourth-order valence-corrected chi connectivity index (χ4v) is 2.85. The van der Waals surface area contributed by atoms with E-state index in [0.29, 0.717) is 17.8 Å². The first-order valence-corrected chi connectivity index (χ1v) is 7.37. The van der Waals surface area contributed by atoms with E-state index in [0.717, 1.165) is 17.4 Å². The Hall–Kier alpha value is -1.45. The zero-order chi connectivity index (χ0) is 13.6. The minimum absolute atomic E-state index is 0.184. The van der Waals surface area contributed by atoms with Gasteiger partial charge in [-0.3, -0.25) is 0 Å². The van der Waals surface area contributed by atoms with Gasteiger partial charge in [-0.05, 0) is 12.5 Å². The van der Waals surface area contributed by atoms with Gasteiger partial charge >= 0.3 is 16.2 Å². The van der Waals surface area contributed by atoms with Crippen LogP contribution in [0.25, 0.3) is 6.08 Å². The smallest absolute Gasteiger partial charge is 0.328 e. The normalized spacial score (nSPS) is 11.8. The van der Waals surface area contributed by atoms with E-state index >= 15 is 0 Å². The van der Waals surface area contributed by atoms with Gasteiger partial charge in [0.15, 0.2) is 5.13 Å². The molecule has 0 aromatic carbocycles. The van der Waals surface area contributed by atoms with Crippen molar-refractivity contribution in [1.29, 1.82) is 0 Å². The van der Waals surface area contributed by atoms with Gasteiger partial charge in [0.05, 0.1) is 0 Å². The molecule has 0 unspecified atom stereocenters. The molecule has 1 aromatic heterocycles. The average Bonchev–Trinajstić information content (AvgIpc) is 2.70. The molecule has 1 aromatic rings. The number of aromatic nitrogens is 1. The molecule has 3 N–H and O–H groups in total. The minimum Gasteiger partial charge on any atom is -0.478 e. The van der Waals surface area contributed by atoms with E-state index in [9.17, 15) is 13.2 Å². The highest BCUT2D eigenvalue weighted by Crippen LogP contribution is 2.19. The number of carboxylic acid groups (broad SMARTS) is 1. The van der Waals surface area contributed by atoms with Crippen molar-refractivity contribution in [3.63, 3.8) is 0 Å². The highest BCUT2D eigenvalue weighted by Gasteiger charge is 2.10. The molecule has 100 valence electrons. The van der Waals surface area contributed by atoms with Crippen molar-refractivity contribution in [2.75, 3.05) is 11.3 Å². The second-order valence-electron chi connectivity index (χ2n) is 3.24. The van der Waals surface area contributed by atoms with Crippen LogP contribution in [0, 0.1) is 0 Å². The highest BCUT2D eigenvalue weighted by atomic mass is 32.2. The Morgan fingerprint density at radius 2 is 2.33 bits per heavy atom. The highest BCUT2D eigenvalue weighted by molar-refractivity contribution is 7.91. The van der Waals surface area contributed by atoms with Crippen LogP contribution in [0.2, 0.25) is 0 Å². The molecule has 0 fully saturated rings. The molecule has 0 spiro atoms. The third-order valence-corrected chi connectivity index (χ3v) is 3.73. The average molecular weight is 291 g/mol. The summed E-state index contributed by atoms with van der Waals surface area (Å²) in [5, 5.41) is 8.62. The van der Waals surface area contributed by atoms with Crippen LogP contribution in [-0.2, 0) is 15.0 Å². The van der Waals surface area contributed by atoms with Gasteiger partial charge in [0, 0.05) is 23.7 Å². The van der Waals surface area contributed by atoms with E-state index in [2.05, 4.69) is 14.4 Å². The lowest BCUT2D eigenvalue weighted by molar-refractivity contribution is -0.131. The maximum atomic E-state index is 11.5. The molecule has 0 amide bonds. The lowest BCUT2D eigenvalue weighted by atomic mass is 10.4. The Kier molecular flexibility index (Phi) is 5.25. The van der Waals surface area contributed by atoms with Crippen LogP contribution in [0.5, 0.6) is 0 Å². The Labute approximate surface area is 109 Å². The number of nitrogens with one attached hydrogen (secondary N) is 2. The first-order chi connectivity index (χ1) is 8.43. The van der Waals surface area contributed by atoms with E-state index in [1.165, 1.54) is 12.3 Å². The van der Waals surface area contributed by atoms with Crippen LogP contribution in [0.4, 0.5) is 5.13 Å². The summed E-state index contributed by atoms with van der Waals surface area (Å²) in [5.74, 6) is -1.07. The summed E-state index contributed by atoms with van der Waals surface area (Å²) in [7, 11) is -3.61. The Morgan fingerprint density at radius 3 is 2.94 bits per heavy atom. The number of nitrogens with zero attached hydrogens (tertiary/aromatic N) is 1. The summed E-state index contributed by atoms with van der Waals surface area (Å²) >= 11 is 1.04. The van der Waals surface area contributed by atoms with Crippen LogP contribution in [0.3, 0.4) is 0 Å². The first kappa shape index (κ1) is 14.6. The summed E-state index contributed by atoms with van der Waals surface area (Å²) in [6, 6.07) is 0. The molecule has 18 heavy (non-hydrogen) atoms. The van der Waals surface area contributed by atoms with E-state index in [4.69, 9.17) is 5.11 Å². The zero-order valence-electron chi connectivity index (χ0n) is 9.58. The molecule has 0 radical (unpaired) electrons. The number of thiazole rings is 1. The zero-order valence-corrected chi connectivity index (χ0v) is 11.2. The number of carboxylic acids is 1. The second kappa shape index (κ2) is 6.47. The molecule has 1 heterocycles. The van der Waals surface area contributed by atoms with Gasteiger partial charge in [-0.2, -0.15) is 13.1 Å². The van der Waals surface area contributed by atoms with Crippen molar-refractivity contribution in [3.8, 4) is 0 Å². The van der Waals surface area contributed by atoms with Gasteiger partial charge in [-0.15, -0.1) is 0 Å². The van der Waals surface area contributed by atoms with Crippen LogP contribution in [0.15, 0.2) is 12.3 Å². The maximum absolute atomic E-state index is 11.5. The van der Waals surface area contributed by atoms with Crippen molar-refractivity contribution >= 4 is 38.7 Å². The number of carbonyl (C=O) groups is 1. The molecular weight excluding hydrogens is 278 g/mol. The van der Waals surface area contributed by atoms with E-state index in [-0.39, 0.29) is 5.13 Å². The molecule has 0 saturated heterocycles. The van der Waals surface area contributed by atoms with Gasteiger partial charge in [-0.1, -0.05) is 18.3 Å². The van der Waals surface area contributed by atoms with Crippen LogP contribution >= 0.6 is 11.3 Å². The SMILES string of the molecule is CCCNS(=O)(=O)Nc1ncc(/C=C/C(=O)O)s1. The molecule has 1 rings (SSSR count). The molecule has 0 aliphatic rings. The van der Waals surface area contributed by atoms with Gasteiger partial charge in [0.2, 0.25) is 0 Å². The molecule has 0 bridgehead atoms. The molecule has 0 atom stereocenters. The standard InChI is InChI=1S/C9H13N3O4S2/c1-2-5-11-18(15,16)12-9-10-6-7(17-9)3-4-8(13)14/h3-4,6,11H,2,5H2,1H3,(H,10,12)(H,13,14)/b4-3+. The number of hydrogen-bond donors (Lipinski definition) is 3. The fraction of sp³-hybridized carbons (Fsp3) is 0.333. The van der Waals surface area contributed by atoms with Crippen molar-refractivity contribution in [2.45, 2.75) is 13.3 Å². The number of anilines is 1. The number of hydrogen-bond acceptors (Lipinski definition) is 5. The Balaban J connectivity index is 2.67. The van der Waals surface area contributed by atoms with Crippen LogP contribution in [0.1, 0.15) is 18.2 Å². The van der Waals surface area contributed by atoms with Gasteiger partial charge in [0.1, 0.15) is 0 Å². The van der Waals surface area contributed by atoms with Crippen LogP contribution < -0.4 is 9.44 Å². The topological polar surface area (TPSA) is 108 Å². The minimum atomic E-state index is -3.61.